The predicted molar refractivity (Wildman–Crippen MR) is 106 cm³/mol. The van der Waals surface area contributed by atoms with Crippen molar-refractivity contribution in [2.45, 2.75) is 18.6 Å². The van der Waals surface area contributed by atoms with E-state index in [0.717, 1.165) is 25.3 Å². The van der Waals surface area contributed by atoms with Crippen molar-refractivity contribution in [1.29, 1.82) is 0 Å². The molecule has 1 aliphatic heterocycles. The van der Waals surface area contributed by atoms with Crippen LogP contribution in [0.5, 0.6) is 0 Å². The molecule has 1 saturated heterocycles. The molecule has 1 heterocycles. The van der Waals surface area contributed by atoms with Crippen molar-refractivity contribution in [2.24, 2.45) is 0 Å². The lowest BCUT2D eigenvalue weighted by atomic mass is 10.0. The van der Waals surface area contributed by atoms with Crippen LogP contribution < -0.4 is 5.32 Å². The topological polar surface area (TPSA) is 49.4 Å². The van der Waals surface area contributed by atoms with E-state index in [1.807, 2.05) is 34.9 Å². The lowest BCUT2D eigenvalue weighted by molar-refractivity contribution is -0.129. The number of rotatable bonds is 4. The predicted octanol–water partition coefficient (Wildman–Crippen LogP) is 3.43. The lowest BCUT2D eigenvalue weighted by Gasteiger charge is -2.21. The van der Waals surface area contributed by atoms with E-state index in [1.54, 1.807) is 12.1 Å². The summed E-state index contributed by atoms with van der Waals surface area (Å²) < 4.78 is 0. The molecule has 0 radical (unpaired) electrons. The molecule has 1 aliphatic rings. The Hall–Kier alpha value is -2.27. The molecule has 5 heteroatoms. The van der Waals surface area contributed by atoms with Gasteiger partial charge in [0.1, 0.15) is 0 Å². The second-order valence-corrected chi connectivity index (χ2v) is 7.74. The normalized spacial score (nSPS) is 17.4. The second-order valence-electron chi connectivity index (χ2n) is 6.43. The van der Waals surface area contributed by atoms with Crippen molar-refractivity contribution in [1.82, 2.24) is 10.2 Å². The van der Waals surface area contributed by atoms with Crippen molar-refractivity contribution in [3.8, 4) is 0 Å². The first-order chi connectivity index (χ1) is 12.6. The fourth-order valence-corrected chi connectivity index (χ4v) is 4.50. The monoisotopic (exact) mass is 368 g/mol. The van der Waals surface area contributed by atoms with Crippen molar-refractivity contribution in [2.75, 3.05) is 25.4 Å². The van der Waals surface area contributed by atoms with Crippen molar-refractivity contribution in [3.63, 3.8) is 0 Å². The summed E-state index contributed by atoms with van der Waals surface area (Å²) in [6, 6.07) is 17.4. The Morgan fingerprint density at radius 3 is 2.58 bits per heavy atom. The number of hydrogen-bond donors (Lipinski definition) is 1. The first kappa shape index (κ1) is 18.5. The summed E-state index contributed by atoms with van der Waals surface area (Å²) >= 11 is 1.91. The highest BCUT2D eigenvalue weighted by molar-refractivity contribution is 7.99. The highest BCUT2D eigenvalue weighted by Crippen LogP contribution is 2.35. The number of nitrogens with zero attached hydrogens (tertiary/aromatic N) is 1. The van der Waals surface area contributed by atoms with Gasteiger partial charge in [0.2, 0.25) is 5.91 Å². The number of hydrogen-bond acceptors (Lipinski definition) is 3. The molecule has 1 fully saturated rings. The summed E-state index contributed by atoms with van der Waals surface area (Å²) in [5.41, 5.74) is 3.25. The number of thioether (sulfide) groups is 1. The van der Waals surface area contributed by atoms with Gasteiger partial charge < -0.3 is 10.2 Å². The fourth-order valence-electron chi connectivity index (χ4n) is 3.18. The summed E-state index contributed by atoms with van der Waals surface area (Å²) in [5.74, 6) is 0.693. The number of aryl methyl sites for hydroxylation is 1. The van der Waals surface area contributed by atoms with Gasteiger partial charge in [0.15, 0.2) is 0 Å². The Balaban J connectivity index is 1.53. The molecule has 0 bridgehead atoms. The molecular formula is C21H24N2O2S. The van der Waals surface area contributed by atoms with E-state index in [0.29, 0.717) is 10.8 Å². The maximum atomic E-state index is 12.5. The van der Waals surface area contributed by atoms with E-state index in [4.69, 9.17) is 0 Å². The summed E-state index contributed by atoms with van der Waals surface area (Å²) in [7, 11) is 0. The molecule has 0 aliphatic carbocycles. The SMILES string of the molecule is Cc1ccccc1C1CCN(C(=O)CNC(=O)c2ccccc2)CCS1. The van der Waals surface area contributed by atoms with Crippen molar-refractivity contribution in [3.05, 3.63) is 71.3 Å². The number of amides is 2. The molecule has 1 N–H and O–H groups in total. The summed E-state index contributed by atoms with van der Waals surface area (Å²) in [4.78, 5) is 26.5. The zero-order valence-corrected chi connectivity index (χ0v) is 15.8. The Kier molecular flexibility index (Phi) is 6.34. The molecule has 3 rings (SSSR count). The third-order valence-corrected chi connectivity index (χ3v) is 5.98. The van der Waals surface area contributed by atoms with Gasteiger partial charge in [-0.25, -0.2) is 0 Å². The van der Waals surface area contributed by atoms with E-state index in [-0.39, 0.29) is 18.4 Å². The minimum Gasteiger partial charge on any atom is -0.343 e. The van der Waals surface area contributed by atoms with Gasteiger partial charge in [0.05, 0.1) is 6.54 Å². The van der Waals surface area contributed by atoms with E-state index >= 15 is 0 Å². The molecule has 4 nitrogen and oxygen atoms in total. The highest BCUT2D eigenvalue weighted by atomic mass is 32.2. The first-order valence-electron chi connectivity index (χ1n) is 8.93. The van der Waals surface area contributed by atoms with E-state index in [9.17, 15) is 9.59 Å². The van der Waals surface area contributed by atoms with Crippen LogP contribution in [0.15, 0.2) is 54.6 Å². The Morgan fingerprint density at radius 2 is 1.81 bits per heavy atom. The largest absolute Gasteiger partial charge is 0.343 e. The smallest absolute Gasteiger partial charge is 0.251 e. The van der Waals surface area contributed by atoms with Gasteiger partial charge in [0, 0.05) is 29.7 Å². The van der Waals surface area contributed by atoms with Crippen LogP contribution in [0.1, 0.15) is 33.2 Å². The molecule has 2 aromatic carbocycles. The van der Waals surface area contributed by atoms with Crippen LogP contribution in [0.4, 0.5) is 0 Å². The number of nitrogens with one attached hydrogen (secondary N) is 1. The van der Waals surface area contributed by atoms with Gasteiger partial charge in [-0.15, -0.1) is 0 Å². The average molecular weight is 369 g/mol. The van der Waals surface area contributed by atoms with Gasteiger partial charge in [-0.2, -0.15) is 11.8 Å². The van der Waals surface area contributed by atoms with Crippen LogP contribution in [-0.2, 0) is 4.79 Å². The Morgan fingerprint density at radius 1 is 1.08 bits per heavy atom. The molecule has 1 unspecified atom stereocenters. The molecule has 0 aromatic heterocycles. The standard InChI is InChI=1S/C21H24N2O2S/c1-16-7-5-6-10-18(16)19-11-12-23(13-14-26-19)20(24)15-22-21(25)17-8-3-2-4-9-17/h2-10,19H,11-15H2,1H3,(H,22,25). The summed E-state index contributed by atoms with van der Waals surface area (Å²) in [6.07, 6.45) is 0.938. The quantitative estimate of drug-likeness (QED) is 0.899. The van der Waals surface area contributed by atoms with Crippen LogP contribution in [0, 0.1) is 6.92 Å². The van der Waals surface area contributed by atoms with Crippen LogP contribution in [0.25, 0.3) is 0 Å². The average Bonchev–Trinajstić information content (AvgIpc) is 2.93. The number of benzene rings is 2. The second kappa shape index (κ2) is 8.90. The number of carbonyl (C=O) groups excluding carboxylic acids is 2. The summed E-state index contributed by atoms with van der Waals surface area (Å²) in [6.45, 7) is 3.65. The van der Waals surface area contributed by atoms with Gasteiger partial charge in [0.25, 0.3) is 5.91 Å². The maximum Gasteiger partial charge on any atom is 0.251 e. The Labute approximate surface area is 159 Å². The van der Waals surface area contributed by atoms with Gasteiger partial charge >= 0.3 is 0 Å². The van der Waals surface area contributed by atoms with Crippen LogP contribution in [-0.4, -0.2) is 42.1 Å². The number of carbonyl (C=O) groups is 2. The zero-order valence-electron chi connectivity index (χ0n) is 15.0. The molecule has 26 heavy (non-hydrogen) atoms. The minimum absolute atomic E-state index is 0.0136. The van der Waals surface area contributed by atoms with E-state index in [1.165, 1.54) is 11.1 Å². The lowest BCUT2D eigenvalue weighted by Crippen LogP contribution is -2.41. The fraction of sp³-hybridized carbons (Fsp3) is 0.333. The molecule has 1 atom stereocenters. The van der Waals surface area contributed by atoms with Crippen molar-refractivity contribution >= 4 is 23.6 Å². The van der Waals surface area contributed by atoms with Gasteiger partial charge in [-0.3, -0.25) is 9.59 Å². The molecular weight excluding hydrogens is 344 g/mol. The van der Waals surface area contributed by atoms with Crippen LogP contribution in [0.3, 0.4) is 0 Å². The van der Waals surface area contributed by atoms with E-state index in [2.05, 4.69) is 36.5 Å². The van der Waals surface area contributed by atoms with Gasteiger partial charge in [-0.1, -0.05) is 42.5 Å². The summed E-state index contributed by atoms with van der Waals surface area (Å²) in [5, 5.41) is 3.16. The highest BCUT2D eigenvalue weighted by Gasteiger charge is 2.23. The molecule has 136 valence electrons. The third kappa shape index (κ3) is 4.67. The Bertz CT molecular complexity index is 764. The van der Waals surface area contributed by atoms with Crippen molar-refractivity contribution < 1.29 is 9.59 Å². The molecule has 0 saturated carbocycles. The molecule has 0 spiro atoms. The van der Waals surface area contributed by atoms with Crippen LogP contribution >= 0.6 is 11.8 Å². The molecule has 2 amide bonds. The first-order valence-corrected chi connectivity index (χ1v) is 9.98. The molecule has 2 aromatic rings. The zero-order chi connectivity index (χ0) is 18.4. The van der Waals surface area contributed by atoms with Crippen LogP contribution in [0.2, 0.25) is 0 Å². The van der Waals surface area contributed by atoms with E-state index < -0.39 is 0 Å². The maximum absolute atomic E-state index is 12.5. The van der Waals surface area contributed by atoms with Gasteiger partial charge in [-0.05, 0) is 36.6 Å². The third-order valence-electron chi connectivity index (χ3n) is 4.67. The minimum atomic E-state index is -0.207.